The Morgan fingerprint density at radius 1 is 1.24 bits per heavy atom. The van der Waals surface area contributed by atoms with Gasteiger partial charge in [-0.15, -0.1) is 0 Å². The van der Waals surface area contributed by atoms with Crippen LogP contribution in [0.15, 0.2) is 41.0 Å². The molecule has 1 atom stereocenters. The molecule has 9 nitrogen and oxygen atoms in total. The summed E-state index contributed by atoms with van der Waals surface area (Å²) in [4.78, 5) is 48.3. The van der Waals surface area contributed by atoms with Crippen molar-refractivity contribution in [2.75, 3.05) is 18.5 Å². The number of furan rings is 1. The predicted octanol–water partition coefficient (Wildman–Crippen LogP) is 1.79. The first-order chi connectivity index (χ1) is 13.8. The van der Waals surface area contributed by atoms with Crippen LogP contribution in [0.5, 0.6) is 5.75 Å². The molecule has 2 N–H and O–H groups in total. The molecule has 9 heteroatoms. The fourth-order valence-corrected chi connectivity index (χ4v) is 2.68. The summed E-state index contributed by atoms with van der Waals surface area (Å²) in [7, 11) is 0. The third-order valence-corrected chi connectivity index (χ3v) is 4.23. The van der Waals surface area contributed by atoms with Crippen LogP contribution in [0.1, 0.15) is 34.8 Å². The molecule has 2 heterocycles. The van der Waals surface area contributed by atoms with Gasteiger partial charge in [0.05, 0.1) is 12.0 Å². The van der Waals surface area contributed by atoms with Gasteiger partial charge in [0.2, 0.25) is 0 Å². The maximum Gasteiger partial charge on any atom is 0.329 e. The van der Waals surface area contributed by atoms with E-state index in [1.54, 1.807) is 26.0 Å². The quantitative estimate of drug-likeness (QED) is 0.536. The first-order valence-corrected chi connectivity index (χ1v) is 8.96. The molecule has 0 unspecified atom stereocenters. The van der Waals surface area contributed by atoms with Gasteiger partial charge < -0.3 is 24.5 Å². The predicted molar refractivity (Wildman–Crippen MR) is 101 cm³/mol. The van der Waals surface area contributed by atoms with Gasteiger partial charge in [0, 0.05) is 5.56 Å². The summed E-state index contributed by atoms with van der Waals surface area (Å²) in [5.74, 6) is -1.81. The summed E-state index contributed by atoms with van der Waals surface area (Å²) in [5.41, 5.74) is 0.632. The number of amides is 2. The first kappa shape index (κ1) is 20.1. The number of hydrogen-bond acceptors (Lipinski definition) is 7. The molecule has 3 rings (SSSR count). The molecule has 0 bridgehead atoms. The minimum Gasteiger partial charge on any atom is -0.482 e. The molecule has 0 aliphatic carbocycles. The lowest BCUT2D eigenvalue weighted by atomic mass is 10.0. The number of esters is 1. The fourth-order valence-electron chi connectivity index (χ4n) is 2.68. The van der Waals surface area contributed by atoms with Crippen molar-refractivity contribution < 1.29 is 33.1 Å². The Morgan fingerprint density at radius 3 is 2.72 bits per heavy atom. The van der Waals surface area contributed by atoms with Gasteiger partial charge in [-0.3, -0.25) is 14.4 Å². The van der Waals surface area contributed by atoms with E-state index >= 15 is 0 Å². The maximum atomic E-state index is 12.4. The lowest BCUT2D eigenvalue weighted by Crippen LogP contribution is -2.45. The fraction of sp³-hybridized carbons (Fsp3) is 0.300. The van der Waals surface area contributed by atoms with Gasteiger partial charge in [-0.2, -0.15) is 0 Å². The number of rotatable bonds is 7. The highest BCUT2D eigenvalue weighted by Gasteiger charge is 2.28. The molecule has 2 amide bonds. The number of carbonyl (C=O) groups excluding carboxylic acids is 4. The molecule has 152 valence electrons. The van der Waals surface area contributed by atoms with E-state index in [1.165, 1.54) is 24.5 Å². The normalized spacial score (nSPS) is 13.7. The highest BCUT2D eigenvalue weighted by atomic mass is 16.5. The summed E-state index contributed by atoms with van der Waals surface area (Å²) in [6.45, 7) is 2.88. The van der Waals surface area contributed by atoms with Crippen LogP contribution in [0.2, 0.25) is 0 Å². The standard InChI is InChI=1S/C20H20N2O7/c1-11(2)18(22-19(25)16-4-3-7-27-16)20(26)29-9-14(23)12-5-6-15-13(8-12)21-17(24)10-28-15/h3-8,11,18H,9-10H2,1-2H3,(H,21,24)(H,22,25)/t18-/m0/s1. The summed E-state index contributed by atoms with van der Waals surface area (Å²) in [6, 6.07) is 6.62. The van der Waals surface area contributed by atoms with E-state index in [9.17, 15) is 19.2 Å². The second kappa shape index (κ2) is 8.59. The summed E-state index contributed by atoms with van der Waals surface area (Å²) in [6.07, 6.45) is 1.35. The molecule has 0 radical (unpaired) electrons. The molecular weight excluding hydrogens is 380 g/mol. The van der Waals surface area contributed by atoms with Crippen molar-refractivity contribution in [3.8, 4) is 5.75 Å². The molecule has 29 heavy (non-hydrogen) atoms. The molecule has 0 saturated heterocycles. The van der Waals surface area contributed by atoms with E-state index in [-0.39, 0.29) is 29.8 Å². The van der Waals surface area contributed by atoms with E-state index in [2.05, 4.69) is 10.6 Å². The molecule has 0 fully saturated rings. The van der Waals surface area contributed by atoms with Gasteiger partial charge in [-0.05, 0) is 36.2 Å². The lowest BCUT2D eigenvalue weighted by Gasteiger charge is -2.20. The van der Waals surface area contributed by atoms with Crippen molar-refractivity contribution in [1.82, 2.24) is 5.32 Å². The van der Waals surface area contributed by atoms with Crippen molar-refractivity contribution in [2.24, 2.45) is 5.92 Å². The van der Waals surface area contributed by atoms with E-state index in [0.717, 1.165) is 0 Å². The van der Waals surface area contributed by atoms with Gasteiger partial charge in [0.1, 0.15) is 11.8 Å². The Kier molecular flexibility index (Phi) is 5.96. The first-order valence-electron chi connectivity index (χ1n) is 8.96. The number of ether oxygens (including phenoxy) is 2. The highest BCUT2D eigenvalue weighted by molar-refractivity contribution is 6.02. The Morgan fingerprint density at radius 2 is 2.03 bits per heavy atom. The van der Waals surface area contributed by atoms with Crippen molar-refractivity contribution >= 4 is 29.3 Å². The highest BCUT2D eigenvalue weighted by Crippen LogP contribution is 2.28. The summed E-state index contributed by atoms with van der Waals surface area (Å²) in [5, 5.41) is 5.15. The van der Waals surface area contributed by atoms with Crippen LogP contribution < -0.4 is 15.4 Å². The maximum absolute atomic E-state index is 12.4. The van der Waals surface area contributed by atoms with Crippen LogP contribution in [-0.2, 0) is 14.3 Å². The number of ketones is 1. The number of hydrogen-bond donors (Lipinski definition) is 2. The van der Waals surface area contributed by atoms with Gasteiger partial charge >= 0.3 is 5.97 Å². The molecular formula is C20H20N2O7. The molecule has 1 aliphatic heterocycles. The molecule has 1 aliphatic rings. The van der Waals surface area contributed by atoms with Crippen molar-refractivity contribution in [3.63, 3.8) is 0 Å². The van der Waals surface area contributed by atoms with Gasteiger partial charge in [-0.25, -0.2) is 4.79 Å². The Bertz CT molecular complexity index is 934. The van der Waals surface area contributed by atoms with Gasteiger partial charge in [0.25, 0.3) is 11.8 Å². The Labute approximate surface area is 166 Å². The molecule has 2 aromatic rings. The van der Waals surface area contributed by atoms with Crippen LogP contribution in [-0.4, -0.2) is 42.8 Å². The average Bonchev–Trinajstić information content (AvgIpc) is 3.24. The Hall–Kier alpha value is -3.62. The van der Waals surface area contributed by atoms with Crippen molar-refractivity contribution in [3.05, 3.63) is 47.9 Å². The second-order valence-corrected chi connectivity index (χ2v) is 6.75. The van der Waals surface area contributed by atoms with E-state index in [4.69, 9.17) is 13.9 Å². The number of carbonyl (C=O) groups is 4. The average molecular weight is 400 g/mol. The van der Waals surface area contributed by atoms with Crippen molar-refractivity contribution in [1.29, 1.82) is 0 Å². The van der Waals surface area contributed by atoms with Crippen LogP contribution in [0.3, 0.4) is 0 Å². The van der Waals surface area contributed by atoms with Crippen molar-refractivity contribution in [2.45, 2.75) is 19.9 Å². The smallest absolute Gasteiger partial charge is 0.329 e. The van der Waals surface area contributed by atoms with Gasteiger partial charge in [-0.1, -0.05) is 13.8 Å². The van der Waals surface area contributed by atoms with Crippen LogP contribution in [0, 0.1) is 5.92 Å². The zero-order chi connectivity index (χ0) is 21.0. The summed E-state index contributed by atoms with van der Waals surface area (Å²) < 4.78 is 15.4. The largest absolute Gasteiger partial charge is 0.482 e. The topological polar surface area (TPSA) is 124 Å². The lowest BCUT2D eigenvalue weighted by molar-refractivity contribution is -0.146. The Balaban J connectivity index is 1.61. The zero-order valence-corrected chi connectivity index (χ0v) is 15.9. The molecule has 1 aromatic carbocycles. The minimum atomic E-state index is -0.948. The van der Waals surface area contributed by atoms with Crippen LogP contribution in [0.25, 0.3) is 0 Å². The monoisotopic (exact) mass is 400 g/mol. The molecule has 0 saturated carbocycles. The number of anilines is 1. The molecule has 1 aromatic heterocycles. The third-order valence-electron chi connectivity index (χ3n) is 4.23. The summed E-state index contributed by atoms with van der Waals surface area (Å²) >= 11 is 0. The number of benzene rings is 1. The third kappa shape index (κ3) is 4.81. The van der Waals surface area contributed by atoms with E-state index in [1.807, 2.05) is 0 Å². The van der Waals surface area contributed by atoms with E-state index in [0.29, 0.717) is 11.4 Å². The minimum absolute atomic E-state index is 0.0675. The number of nitrogens with one attached hydrogen (secondary N) is 2. The zero-order valence-electron chi connectivity index (χ0n) is 15.9. The molecule has 0 spiro atoms. The van der Waals surface area contributed by atoms with Crippen LogP contribution in [0.4, 0.5) is 5.69 Å². The van der Waals surface area contributed by atoms with Crippen LogP contribution >= 0.6 is 0 Å². The SMILES string of the molecule is CC(C)[C@H](NC(=O)c1ccco1)C(=O)OCC(=O)c1ccc2c(c1)NC(=O)CO2. The van der Waals surface area contributed by atoms with Gasteiger partial charge in [0.15, 0.2) is 24.8 Å². The van der Waals surface area contributed by atoms with E-state index < -0.39 is 30.3 Å². The number of Topliss-reactive ketones (excluding diaryl/α,β-unsaturated/α-hetero) is 1. The second-order valence-electron chi connectivity index (χ2n) is 6.75. The number of fused-ring (bicyclic) bond motifs is 1.